The number of methoxy groups -OCH3 is 1. The summed E-state index contributed by atoms with van der Waals surface area (Å²) in [5.74, 6) is 0.888. The van der Waals surface area contributed by atoms with Crippen molar-refractivity contribution in [3.8, 4) is 0 Å². The molecular formula is C17H35IN4O3. The van der Waals surface area contributed by atoms with Crippen molar-refractivity contribution >= 4 is 36.0 Å². The van der Waals surface area contributed by atoms with Crippen molar-refractivity contribution in [2.24, 2.45) is 16.6 Å². The minimum absolute atomic E-state index is 0. The van der Waals surface area contributed by atoms with Gasteiger partial charge in [0.2, 0.25) is 0 Å². The Labute approximate surface area is 169 Å². The van der Waals surface area contributed by atoms with Crippen LogP contribution in [0.4, 0.5) is 4.79 Å². The molecule has 7 nitrogen and oxygen atoms in total. The smallest absolute Gasteiger partial charge is 0.410 e. The maximum absolute atomic E-state index is 12.2. The van der Waals surface area contributed by atoms with Crippen LogP contribution in [0, 0.1) is 5.92 Å². The molecule has 1 rings (SSSR count). The first kappa shape index (κ1) is 24.2. The van der Waals surface area contributed by atoms with Crippen LogP contribution < -0.4 is 11.1 Å². The third-order valence-corrected chi connectivity index (χ3v) is 3.80. The Morgan fingerprint density at radius 2 is 2.12 bits per heavy atom. The molecule has 25 heavy (non-hydrogen) atoms. The van der Waals surface area contributed by atoms with Gasteiger partial charge >= 0.3 is 6.09 Å². The summed E-state index contributed by atoms with van der Waals surface area (Å²) in [5.41, 5.74) is 5.41. The maximum Gasteiger partial charge on any atom is 0.410 e. The number of carbonyl (C=O) groups excluding carboxylic acids is 1. The number of rotatable bonds is 6. The number of likely N-dealkylation sites (tertiary alicyclic amines) is 1. The highest BCUT2D eigenvalue weighted by Crippen LogP contribution is 2.21. The van der Waals surface area contributed by atoms with E-state index >= 15 is 0 Å². The highest BCUT2D eigenvalue weighted by atomic mass is 127. The van der Waals surface area contributed by atoms with Gasteiger partial charge in [0.1, 0.15) is 5.60 Å². The van der Waals surface area contributed by atoms with Crippen molar-refractivity contribution in [1.82, 2.24) is 10.2 Å². The van der Waals surface area contributed by atoms with Crippen molar-refractivity contribution in [2.45, 2.75) is 58.6 Å². The largest absolute Gasteiger partial charge is 0.444 e. The zero-order valence-electron chi connectivity index (χ0n) is 16.2. The molecule has 0 radical (unpaired) electrons. The fourth-order valence-corrected chi connectivity index (χ4v) is 2.75. The Morgan fingerprint density at radius 3 is 2.72 bits per heavy atom. The summed E-state index contributed by atoms with van der Waals surface area (Å²) in [5, 5.41) is 3.09. The summed E-state index contributed by atoms with van der Waals surface area (Å²) >= 11 is 0. The lowest BCUT2D eigenvalue weighted by molar-refractivity contribution is 0.0163. The third kappa shape index (κ3) is 10.7. The van der Waals surface area contributed by atoms with Gasteiger partial charge in [-0.1, -0.05) is 0 Å². The summed E-state index contributed by atoms with van der Waals surface area (Å²) in [6.07, 6.45) is 2.82. The van der Waals surface area contributed by atoms with Gasteiger partial charge in [0.05, 0.1) is 6.61 Å². The summed E-state index contributed by atoms with van der Waals surface area (Å²) in [7, 11) is 1.66. The van der Waals surface area contributed by atoms with Crippen LogP contribution in [-0.4, -0.2) is 61.9 Å². The van der Waals surface area contributed by atoms with Gasteiger partial charge < -0.3 is 25.4 Å². The number of amides is 1. The van der Waals surface area contributed by atoms with Gasteiger partial charge in [-0.2, -0.15) is 0 Å². The van der Waals surface area contributed by atoms with Gasteiger partial charge in [0.25, 0.3) is 0 Å². The van der Waals surface area contributed by atoms with Crippen LogP contribution in [0.1, 0.15) is 47.0 Å². The predicted octanol–water partition coefficient (Wildman–Crippen LogP) is 2.58. The first-order chi connectivity index (χ1) is 11.2. The number of nitrogens with two attached hydrogens (primary N) is 1. The van der Waals surface area contributed by atoms with E-state index in [0.717, 1.165) is 32.4 Å². The van der Waals surface area contributed by atoms with Crippen LogP contribution in [0.15, 0.2) is 4.99 Å². The topological polar surface area (TPSA) is 89.2 Å². The Morgan fingerprint density at radius 1 is 1.44 bits per heavy atom. The molecule has 148 valence electrons. The first-order valence-corrected chi connectivity index (χ1v) is 8.74. The molecule has 0 aliphatic carbocycles. The van der Waals surface area contributed by atoms with Gasteiger partial charge in [0, 0.05) is 32.8 Å². The van der Waals surface area contributed by atoms with E-state index in [1.165, 1.54) is 0 Å². The number of hydrogen-bond donors (Lipinski definition) is 2. The van der Waals surface area contributed by atoms with Crippen molar-refractivity contribution in [2.75, 3.05) is 33.4 Å². The fraction of sp³-hybridized carbons (Fsp3) is 0.882. The number of hydrogen-bond acceptors (Lipinski definition) is 4. The first-order valence-electron chi connectivity index (χ1n) is 8.74. The lowest BCUT2D eigenvalue weighted by Crippen LogP contribution is -2.43. The van der Waals surface area contributed by atoms with E-state index in [-0.39, 0.29) is 36.1 Å². The number of piperidine rings is 1. The van der Waals surface area contributed by atoms with Crippen molar-refractivity contribution in [3.63, 3.8) is 0 Å². The second-order valence-electron chi connectivity index (χ2n) is 7.49. The molecule has 1 fully saturated rings. The minimum atomic E-state index is -0.451. The normalized spacial score (nSPS) is 19.8. The zero-order valence-corrected chi connectivity index (χ0v) is 18.5. The average Bonchev–Trinajstić information content (AvgIpc) is 2.46. The van der Waals surface area contributed by atoms with Crippen LogP contribution >= 0.6 is 24.0 Å². The van der Waals surface area contributed by atoms with Gasteiger partial charge in [-0.05, 0) is 52.9 Å². The van der Waals surface area contributed by atoms with Crippen LogP contribution in [-0.2, 0) is 9.47 Å². The molecule has 0 aromatic carbocycles. The summed E-state index contributed by atoms with van der Waals surface area (Å²) in [4.78, 5) is 18.3. The van der Waals surface area contributed by atoms with Gasteiger partial charge in [-0.15, -0.1) is 24.0 Å². The number of halogens is 1. The van der Waals surface area contributed by atoms with E-state index < -0.39 is 5.60 Å². The molecule has 2 unspecified atom stereocenters. The van der Waals surface area contributed by atoms with E-state index in [9.17, 15) is 4.79 Å². The standard InChI is InChI=1S/C17H34N4O3.HI/c1-13(12-23-5)20-15(18)19-9-8-14-7-6-10-21(11-14)16(22)24-17(2,3)4;/h13-14H,6-12H2,1-5H3,(H3,18,19,20);1H. The second-order valence-corrected chi connectivity index (χ2v) is 7.49. The van der Waals surface area contributed by atoms with Crippen molar-refractivity contribution in [1.29, 1.82) is 0 Å². The van der Waals surface area contributed by atoms with Gasteiger partial charge in [-0.3, -0.25) is 4.99 Å². The quantitative estimate of drug-likeness (QED) is 0.354. The second kappa shape index (κ2) is 11.8. The molecule has 0 aromatic heterocycles. The van der Waals surface area contributed by atoms with E-state index in [1.54, 1.807) is 7.11 Å². The molecule has 0 bridgehead atoms. The van der Waals surface area contributed by atoms with Crippen LogP contribution in [0.3, 0.4) is 0 Å². The molecule has 1 amide bonds. The van der Waals surface area contributed by atoms with E-state index in [2.05, 4.69) is 10.3 Å². The third-order valence-electron chi connectivity index (χ3n) is 3.80. The highest BCUT2D eigenvalue weighted by Gasteiger charge is 2.27. The number of nitrogens with zero attached hydrogens (tertiary/aromatic N) is 2. The Hall–Kier alpha value is -0.770. The molecule has 1 aliphatic heterocycles. The molecule has 0 spiro atoms. The summed E-state index contributed by atoms with van der Waals surface area (Å²) < 4.78 is 10.5. The monoisotopic (exact) mass is 470 g/mol. The van der Waals surface area contributed by atoms with Gasteiger partial charge in [-0.25, -0.2) is 4.79 Å². The summed E-state index contributed by atoms with van der Waals surface area (Å²) in [6.45, 7) is 10.4. The number of aliphatic imine (C=N–C) groups is 1. The van der Waals surface area contributed by atoms with E-state index in [0.29, 0.717) is 25.0 Å². The molecule has 8 heteroatoms. The predicted molar refractivity (Wildman–Crippen MR) is 112 cm³/mol. The maximum atomic E-state index is 12.2. The number of nitrogens with one attached hydrogen (secondary N) is 1. The molecule has 1 saturated heterocycles. The van der Waals surface area contributed by atoms with E-state index in [1.807, 2.05) is 32.6 Å². The van der Waals surface area contributed by atoms with E-state index in [4.69, 9.17) is 15.2 Å². The Balaban J connectivity index is 0.00000576. The van der Waals surface area contributed by atoms with Crippen molar-refractivity contribution in [3.05, 3.63) is 0 Å². The minimum Gasteiger partial charge on any atom is -0.444 e. The molecule has 1 heterocycles. The van der Waals surface area contributed by atoms with Crippen molar-refractivity contribution < 1.29 is 14.3 Å². The SMILES string of the molecule is COCC(C)NC(N)=NCCC1CCCN(C(=O)OC(C)(C)C)C1.I. The molecule has 2 atom stereocenters. The zero-order chi connectivity index (χ0) is 18.2. The average molecular weight is 470 g/mol. The lowest BCUT2D eigenvalue weighted by Gasteiger charge is -2.34. The highest BCUT2D eigenvalue weighted by molar-refractivity contribution is 14.0. The fourth-order valence-electron chi connectivity index (χ4n) is 2.75. The lowest BCUT2D eigenvalue weighted by atomic mass is 9.95. The van der Waals surface area contributed by atoms with Crippen LogP contribution in [0.25, 0.3) is 0 Å². The molecule has 3 N–H and O–H groups in total. The van der Waals surface area contributed by atoms with Crippen LogP contribution in [0.5, 0.6) is 0 Å². The number of ether oxygens (including phenoxy) is 2. The Kier molecular flexibility index (Phi) is 11.4. The van der Waals surface area contributed by atoms with Gasteiger partial charge in [0.15, 0.2) is 5.96 Å². The summed E-state index contributed by atoms with van der Waals surface area (Å²) in [6, 6.07) is 0.135. The molecule has 1 aliphatic rings. The molecular weight excluding hydrogens is 435 g/mol. The Bertz CT molecular complexity index is 427. The molecule has 0 saturated carbocycles. The number of guanidine groups is 1. The molecule has 0 aromatic rings. The van der Waals surface area contributed by atoms with Crippen LogP contribution in [0.2, 0.25) is 0 Å². The number of carbonyl (C=O) groups is 1.